The summed E-state index contributed by atoms with van der Waals surface area (Å²) in [7, 11) is -3.71. The van der Waals surface area contributed by atoms with Crippen LogP contribution in [0.4, 0.5) is 0 Å². The lowest BCUT2D eigenvalue weighted by Crippen LogP contribution is -2.41. The number of H-pyrrole nitrogens is 1. The zero-order valence-electron chi connectivity index (χ0n) is 17.4. The van der Waals surface area contributed by atoms with Gasteiger partial charge in [0.05, 0.1) is 10.6 Å². The van der Waals surface area contributed by atoms with Gasteiger partial charge in [0.2, 0.25) is 10.0 Å². The van der Waals surface area contributed by atoms with Crippen molar-refractivity contribution in [1.29, 1.82) is 0 Å². The van der Waals surface area contributed by atoms with Gasteiger partial charge < -0.3 is 0 Å². The van der Waals surface area contributed by atoms with Crippen LogP contribution >= 0.6 is 11.6 Å². The van der Waals surface area contributed by atoms with Gasteiger partial charge in [-0.15, -0.1) is 0 Å². The van der Waals surface area contributed by atoms with E-state index in [1.165, 1.54) is 34.6 Å². The number of halogens is 1. The van der Waals surface area contributed by atoms with Gasteiger partial charge in [0.25, 0.3) is 11.8 Å². The molecular weight excluding hydrogens is 454 g/mol. The fourth-order valence-corrected chi connectivity index (χ4v) is 4.69. The topological polar surface area (TPSA) is 124 Å². The maximum Gasteiger partial charge on any atom is 0.287 e. The highest BCUT2D eigenvalue weighted by Crippen LogP contribution is 2.21. The molecule has 0 aliphatic carbocycles. The number of nitrogens with zero attached hydrogens (tertiary/aromatic N) is 2. The van der Waals surface area contributed by atoms with Gasteiger partial charge in [-0.3, -0.25) is 25.5 Å². The normalized spacial score (nSPS) is 11.4. The zero-order valence-corrected chi connectivity index (χ0v) is 19.0. The molecule has 3 N–H and O–H groups in total. The van der Waals surface area contributed by atoms with Crippen LogP contribution in [-0.4, -0.2) is 47.8 Å². The fraction of sp³-hybridized carbons (Fsp3) is 0.190. The lowest BCUT2D eigenvalue weighted by atomic mass is 10.1. The first kappa shape index (κ1) is 23.5. The van der Waals surface area contributed by atoms with Crippen molar-refractivity contribution in [3.05, 3.63) is 70.9 Å². The predicted molar refractivity (Wildman–Crippen MR) is 121 cm³/mol. The second-order valence-corrected chi connectivity index (χ2v) is 9.08. The number of benzene rings is 2. The minimum atomic E-state index is -3.71. The van der Waals surface area contributed by atoms with Gasteiger partial charge in [-0.05, 0) is 36.4 Å². The number of hydrogen-bond acceptors (Lipinski definition) is 5. The number of sulfonamides is 1. The molecule has 0 spiro atoms. The van der Waals surface area contributed by atoms with Crippen LogP contribution in [-0.2, 0) is 10.0 Å². The molecule has 3 rings (SSSR count). The van der Waals surface area contributed by atoms with E-state index in [4.69, 9.17) is 11.6 Å². The van der Waals surface area contributed by atoms with E-state index in [1.807, 2.05) is 0 Å². The Morgan fingerprint density at radius 3 is 2.38 bits per heavy atom. The minimum absolute atomic E-state index is 0.0000851. The van der Waals surface area contributed by atoms with Crippen LogP contribution in [0.15, 0.2) is 59.5 Å². The second kappa shape index (κ2) is 9.94. The maximum absolute atomic E-state index is 12.7. The maximum atomic E-state index is 12.7. The largest absolute Gasteiger partial charge is 0.287 e. The number of amides is 2. The number of hydrogen-bond donors (Lipinski definition) is 3. The Morgan fingerprint density at radius 1 is 1.00 bits per heavy atom. The Kier molecular flexibility index (Phi) is 7.29. The van der Waals surface area contributed by atoms with Crippen molar-refractivity contribution in [3.8, 4) is 11.3 Å². The second-order valence-electron chi connectivity index (χ2n) is 6.70. The summed E-state index contributed by atoms with van der Waals surface area (Å²) in [5.74, 6) is -1.28. The van der Waals surface area contributed by atoms with E-state index in [0.29, 0.717) is 23.8 Å². The summed E-state index contributed by atoms with van der Waals surface area (Å²) in [5, 5.41) is 7.21. The van der Waals surface area contributed by atoms with Crippen LogP contribution in [0.3, 0.4) is 0 Å². The van der Waals surface area contributed by atoms with Crippen molar-refractivity contribution in [2.45, 2.75) is 18.7 Å². The molecule has 2 amide bonds. The molecule has 1 aromatic heterocycles. The molecular formula is C21H22ClN5O4S. The van der Waals surface area contributed by atoms with E-state index < -0.39 is 21.8 Å². The van der Waals surface area contributed by atoms with E-state index in [-0.39, 0.29) is 16.2 Å². The third-order valence-corrected chi connectivity index (χ3v) is 6.95. The van der Waals surface area contributed by atoms with Gasteiger partial charge in [0.1, 0.15) is 5.69 Å². The highest BCUT2D eigenvalue weighted by atomic mass is 35.5. The Morgan fingerprint density at radius 2 is 1.69 bits per heavy atom. The molecule has 0 fully saturated rings. The molecule has 0 aliphatic rings. The monoisotopic (exact) mass is 475 g/mol. The number of rotatable bonds is 7. The molecule has 0 unspecified atom stereocenters. The summed E-state index contributed by atoms with van der Waals surface area (Å²) < 4.78 is 26.6. The molecule has 2 aromatic carbocycles. The number of carbonyl (C=O) groups excluding carboxylic acids is 2. The summed E-state index contributed by atoms with van der Waals surface area (Å²) in [6.45, 7) is 4.10. The summed E-state index contributed by atoms with van der Waals surface area (Å²) >= 11 is 5.97. The summed E-state index contributed by atoms with van der Waals surface area (Å²) in [6.07, 6.45) is 0. The Hall–Kier alpha value is -3.21. The average molecular weight is 476 g/mol. The first-order valence-corrected chi connectivity index (χ1v) is 11.6. The molecule has 0 bridgehead atoms. The lowest BCUT2D eigenvalue weighted by Gasteiger charge is -2.18. The molecule has 0 radical (unpaired) electrons. The Bertz CT molecular complexity index is 1240. The van der Waals surface area contributed by atoms with Crippen molar-refractivity contribution in [2.24, 2.45) is 0 Å². The quantitative estimate of drug-likeness (QED) is 0.453. The smallest absolute Gasteiger partial charge is 0.272 e. The van der Waals surface area contributed by atoms with E-state index in [2.05, 4.69) is 21.0 Å². The lowest BCUT2D eigenvalue weighted by molar-refractivity contribution is 0.0844. The van der Waals surface area contributed by atoms with Crippen LogP contribution in [0.5, 0.6) is 0 Å². The third-order valence-electron chi connectivity index (χ3n) is 4.67. The van der Waals surface area contributed by atoms with Gasteiger partial charge in [-0.25, -0.2) is 8.42 Å². The SMILES string of the molecule is CCN(CC)S(=O)(=O)c1cccc(C(=O)NNC(=O)c2cc(-c3cccc(Cl)c3)n[nH]2)c1. The number of aromatic nitrogens is 2. The van der Waals surface area contributed by atoms with Gasteiger partial charge >= 0.3 is 0 Å². The van der Waals surface area contributed by atoms with Gasteiger partial charge in [-0.2, -0.15) is 9.40 Å². The fourth-order valence-electron chi connectivity index (χ4n) is 3.00. The van der Waals surface area contributed by atoms with E-state index >= 15 is 0 Å². The first-order valence-electron chi connectivity index (χ1n) is 9.78. The van der Waals surface area contributed by atoms with E-state index in [1.54, 1.807) is 38.1 Å². The number of aromatic amines is 1. The summed E-state index contributed by atoms with van der Waals surface area (Å²) in [6, 6.07) is 14.1. The predicted octanol–water partition coefficient (Wildman–Crippen LogP) is 2.84. The molecule has 168 valence electrons. The molecule has 9 nitrogen and oxygen atoms in total. The zero-order chi connectivity index (χ0) is 23.3. The Balaban J connectivity index is 1.68. The van der Waals surface area contributed by atoms with Gasteiger partial charge in [-0.1, -0.05) is 43.6 Å². The van der Waals surface area contributed by atoms with Crippen molar-refractivity contribution in [2.75, 3.05) is 13.1 Å². The van der Waals surface area contributed by atoms with Crippen LogP contribution in [0.25, 0.3) is 11.3 Å². The third kappa shape index (κ3) is 5.16. The summed E-state index contributed by atoms with van der Waals surface area (Å²) in [5.41, 5.74) is 6.00. The van der Waals surface area contributed by atoms with Crippen molar-refractivity contribution >= 4 is 33.4 Å². The summed E-state index contributed by atoms with van der Waals surface area (Å²) in [4.78, 5) is 24.8. The molecule has 11 heteroatoms. The van der Waals surface area contributed by atoms with Crippen molar-refractivity contribution in [3.63, 3.8) is 0 Å². The highest BCUT2D eigenvalue weighted by molar-refractivity contribution is 7.89. The molecule has 0 atom stereocenters. The molecule has 32 heavy (non-hydrogen) atoms. The van der Waals surface area contributed by atoms with Gasteiger partial charge in [0.15, 0.2) is 0 Å². The van der Waals surface area contributed by atoms with Crippen LogP contribution < -0.4 is 10.9 Å². The molecule has 3 aromatic rings. The first-order chi connectivity index (χ1) is 15.3. The number of nitrogens with one attached hydrogen (secondary N) is 3. The molecule has 1 heterocycles. The van der Waals surface area contributed by atoms with Gasteiger partial charge in [0, 0.05) is 29.2 Å². The molecule has 0 saturated carbocycles. The van der Waals surface area contributed by atoms with Crippen LogP contribution in [0.1, 0.15) is 34.7 Å². The number of hydrazine groups is 1. The van der Waals surface area contributed by atoms with Crippen LogP contribution in [0.2, 0.25) is 5.02 Å². The number of carbonyl (C=O) groups is 2. The average Bonchev–Trinajstić information content (AvgIpc) is 3.28. The Labute approximate surface area is 190 Å². The highest BCUT2D eigenvalue weighted by Gasteiger charge is 2.22. The van der Waals surface area contributed by atoms with E-state index in [0.717, 1.165) is 5.56 Å². The van der Waals surface area contributed by atoms with Crippen LogP contribution in [0, 0.1) is 0 Å². The van der Waals surface area contributed by atoms with Crippen molar-refractivity contribution < 1.29 is 18.0 Å². The molecule has 0 aliphatic heterocycles. The molecule has 0 saturated heterocycles. The minimum Gasteiger partial charge on any atom is -0.272 e. The standard InChI is InChI=1S/C21H22ClN5O4S/c1-3-27(4-2)32(30,31)17-10-6-8-15(12-17)20(28)25-26-21(29)19-13-18(23-24-19)14-7-5-9-16(22)11-14/h5-13H,3-4H2,1-2H3,(H,23,24)(H,25,28)(H,26,29). The van der Waals surface area contributed by atoms with Crippen molar-refractivity contribution in [1.82, 2.24) is 25.4 Å². The van der Waals surface area contributed by atoms with E-state index in [9.17, 15) is 18.0 Å².